The molecule has 0 N–H and O–H groups in total. The zero-order valence-electron chi connectivity index (χ0n) is 18.9. The summed E-state index contributed by atoms with van der Waals surface area (Å²) in [6, 6.07) is 30.1. The number of nitrogens with zero attached hydrogens (tertiary/aromatic N) is 2. The molecule has 3 heterocycles. The highest BCUT2D eigenvalue weighted by atomic mass is 32.1. The van der Waals surface area contributed by atoms with Gasteiger partial charge in [0.2, 0.25) is 0 Å². The lowest BCUT2D eigenvalue weighted by molar-refractivity contribution is 0.669. The first kappa shape index (κ1) is 19.1. The summed E-state index contributed by atoms with van der Waals surface area (Å²) in [7, 11) is 0. The van der Waals surface area contributed by atoms with Gasteiger partial charge in [0, 0.05) is 48.1 Å². The number of hydrogen-bond donors (Lipinski definition) is 0. The minimum atomic E-state index is 0.897. The fourth-order valence-electron chi connectivity index (χ4n) is 5.31. The molecule has 5 aromatic carbocycles. The fraction of sp³-hybridized carbons (Fsp3) is 0.0323. The van der Waals surface area contributed by atoms with Crippen LogP contribution in [0.3, 0.4) is 0 Å². The predicted octanol–water partition coefficient (Wildman–Crippen LogP) is 9.03. The van der Waals surface area contributed by atoms with E-state index in [1.165, 1.54) is 25.6 Å². The first-order valence-electron chi connectivity index (χ1n) is 11.7. The van der Waals surface area contributed by atoms with Gasteiger partial charge in [0.1, 0.15) is 11.2 Å². The van der Waals surface area contributed by atoms with Crippen molar-refractivity contribution in [3.63, 3.8) is 0 Å². The molecule has 0 saturated carbocycles. The lowest BCUT2D eigenvalue weighted by Gasteiger charge is -2.11. The molecule has 0 radical (unpaired) electrons. The van der Waals surface area contributed by atoms with Crippen molar-refractivity contribution >= 4 is 75.3 Å². The average Bonchev–Trinajstić information content (AvgIpc) is 3.44. The normalized spacial score (nSPS) is 12.1. The Bertz CT molecular complexity index is 2130. The van der Waals surface area contributed by atoms with Crippen molar-refractivity contribution in [3.8, 4) is 11.1 Å². The maximum Gasteiger partial charge on any atom is 0.135 e. The smallest absolute Gasteiger partial charge is 0.135 e. The van der Waals surface area contributed by atoms with Gasteiger partial charge >= 0.3 is 0 Å². The number of para-hydroxylation sites is 1. The highest BCUT2D eigenvalue weighted by Gasteiger charge is 2.16. The average molecular weight is 467 g/mol. The van der Waals surface area contributed by atoms with E-state index in [0.29, 0.717) is 0 Å². The van der Waals surface area contributed by atoms with Crippen LogP contribution in [-0.4, -0.2) is 9.97 Å². The third-order valence-electron chi connectivity index (χ3n) is 6.94. The summed E-state index contributed by atoms with van der Waals surface area (Å²) in [6.45, 7) is 2.00. The first-order valence-corrected chi connectivity index (χ1v) is 12.5. The largest absolute Gasteiger partial charge is 0.456 e. The van der Waals surface area contributed by atoms with Crippen molar-refractivity contribution in [3.05, 3.63) is 96.8 Å². The van der Waals surface area contributed by atoms with Crippen LogP contribution in [0.2, 0.25) is 0 Å². The Labute approximate surface area is 204 Å². The first-order chi connectivity index (χ1) is 17.2. The number of hydrogen-bond acceptors (Lipinski definition) is 4. The summed E-state index contributed by atoms with van der Waals surface area (Å²) in [5.41, 5.74) is 6.81. The molecule has 0 aliphatic heterocycles. The van der Waals surface area contributed by atoms with Crippen molar-refractivity contribution in [1.82, 2.24) is 9.97 Å². The Morgan fingerprint density at radius 3 is 2.43 bits per heavy atom. The fourth-order valence-corrected chi connectivity index (χ4v) is 6.44. The Morgan fingerprint density at radius 1 is 0.657 bits per heavy atom. The second-order valence-electron chi connectivity index (χ2n) is 9.11. The van der Waals surface area contributed by atoms with Gasteiger partial charge in [0.25, 0.3) is 0 Å². The van der Waals surface area contributed by atoms with Gasteiger partial charge in [-0.05, 0) is 60.3 Å². The molecule has 0 saturated heterocycles. The van der Waals surface area contributed by atoms with Crippen LogP contribution >= 0.6 is 11.3 Å². The maximum absolute atomic E-state index is 6.07. The SMILES string of the molecule is Cc1cnc2c(n1)c(-c1ccc3oc4ccccc4c3c1)cc1cc3c(cc12)sc1ccccc13. The second kappa shape index (κ2) is 6.87. The number of aromatic nitrogens is 2. The Kier molecular flexibility index (Phi) is 3.75. The summed E-state index contributed by atoms with van der Waals surface area (Å²) >= 11 is 1.83. The Morgan fingerprint density at radius 2 is 1.49 bits per heavy atom. The molecule has 0 fully saturated rings. The van der Waals surface area contributed by atoms with E-state index in [1.54, 1.807) is 0 Å². The van der Waals surface area contributed by atoms with Gasteiger partial charge in [-0.15, -0.1) is 11.3 Å². The lowest BCUT2D eigenvalue weighted by Crippen LogP contribution is -1.92. The summed E-state index contributed by atoms with van der Waals surface area (Å²) in [5, 5.41) is 7.16. The molecule has 0 amide bonds. The molecular formula is C31H18N2OS. The van der Waals surface area contributed by atoms with E-state index < -0.39 is 0 Å². The van der Waals surface area contributed by atoms with Crippen molar-refractivity contribution < 1.29 is 4.42 Å². The molecule has 8 rings (SSSR count). The highest BCUT2D eigenvalue weighted by Crippen LogP contribution is 2.41. The van der Waals surface area contributed by atoms with Crippen LogP contribution in [-0.2, 0) is 0 Å². The third kappa shape index (κ3) is 2.71. The standard InChI is InChI=1S/C31H18N2OS/c1-17-16-32-30-23-15-29-25(21-7-3-5-9-28(21)35-29)14-19(23)13-22(31(30)33-17)18-10-11-27-24(12-18)20-6-2-4-8-26(20)34-27/h2-16H,1H3. The number of aryl methyl sites for hydroxylation is 1. The van der Waals surface area contributed by atoms with E-state index in [1.807, 2.05) is 36.6 Å². The number of thiophene rings is 1. The van der Waals surface area contributed by atoms with Crippen molar-refractivity contribution in [1.29, 1.82) is 0 Å². The van der Waals surface area contributed by atoms with E-state index >= 15 is 0 Å². The molecule has 0 spiro atoms. The highest BCUT2D eigenvalue weighted by molar-refractivity contribution is 7.25. The quantitative estimate of drug-likeness (QED) is 0.227. The van der Waals surface area contributed by atoms with Crippen LogP contribution in [0.1, 0.15) is 5.69 Å². The third-order valence-corrected chi connectivity index (χ3v) is 8.07. The van der Waals surface area contributed by atoms with Crippen molar-refractivity contribution in [2.45, 2.75) is 6.92 Å². The molecule has 0 unspecified atom stereocenters. The minimum absolute atomic E-state index is 0.897. The summed E-state index contributed by atoms with van der Waals surface area (Å²) in [6.07, 6.45) is 1.87. The van der Waals surface area contributed by atoms with Gasteiger partial charge in [-0.25, -0.2) is 4.98 Å². The predicted molar refractivity (Wildman–Crippen MR) is 147 cm³/mol. The zero-order valence-corrected chi connectivity index (χ0v) is 19.7. The topological polar surface area (TPSA) is 38.9 Å². The van der Waals surface area contributed by atoms with Gasteiger partial charge in [0.05, 0.1) is 16.7 Å². The zero-order chi connectivity index (χ0) is 23.1. The maximum atomic E-state index is 6.07. The van der Waals surface area contributed by atoms with Crippen LogP contribution in [0.4, 0.5) is 0 Å². The molecule has 0 aliphatic carbocycles. The van der Waals surface area contributed by atoms with E-state index in [9.17, 15) is 0 Å². The molecule has 3 nitrogen and oxygen atoms in total. The van der Waals surface area contributed by atoms with E-state index in [2.05, 4.69) is 72.8 Å². The summed E-state index contributed by atoms with van der Waals surface area (Å²) < 4.78 is 8.66. The Balaban J connectivity index is 1.49. The van der Waals surface area contributed by atoms with Crippen LogP contribution < -0.4 is 0 Å². The van der Waals surface area contributed by atoms with Gasteiger partial charge in [-0.1, -0.05) is 42.5 Å². The number of furan rings is 1. The van der Waals surface area contributed by atoms with Gasteiger partial charge in [0.15, 0.2) is 0 Å². The van der Waals surface area contributed by atoms with Gasteiger partial charge in [-0.2, -0.15) is 0 Å². The van der Waals surface area contributed by atoms with Crippen LogP contribution in [0.25, 0.3) is 75.0 Å². The number of fused-ring (bicyclic) bond motifs is 9. The molecule has 4 heteroatoms. The van der Waals surface area contributed by atoms with E-state index in [-0.39, 0.29) is 0 Å². The molecule has 3 aromatic heterocycles. The molecule has 0 aliphatic rings. The molecule has 0 bridgehead atoms. The van der Waals surface area contributed by atoms with Crippen molar-refractivity contribution in [2.24, 2.45) is 0 Å². The summed E-state index contributed by atoms with van der Waals surface area (Å²) in [5.74, 6) is 0. The summed E-state index contributed by atoms with van der Waals surface area (Å²) in [4.78, 5) is 9.85. The van der Waals surface area contributed by atoms with Crippen LogP contribution in [0, 0.1) is 6.92 Å². The molecule has 35 heavy (non-hydrogen) atoms. The molecule has 8 aromatic rings. The van der Waals surface area contributed by atoms with Crippen molar-refractivity contribution in [2.75, 3.05) is 0 Å². The van der Waals surface area contributed by atoms with E-state index in [0.717, 1.165) is 55.2 Å². The molecule has 164 valence electrons. The Hall–Kier alpha value is -4.28. The second-order valence-corrected chi connectivity index (χ2v) is 10.2. The molecular weight excluding hydrogens is 448 g/mol. The van der Waals surface area contributed by atoms with Gasteiger partial charge < -0.3 is 4.42 Å². The minimum Gasteiger partial charge on any atom is -0.456 e. The van der Waals surface area contributed by atoms with Crippen LogP contribution in [0.5, 0.6) is 0 Å². The van der Waals surface area contributed by atoms with Gasteiger partial charge in [-0.3, -0.25) is 4.98 Å². The molecule has 0 atom stereocenters. The number of rotatable bonds is 1. The van der Waals surface area contributed by atoms with E-state index in [4.69, 9.17) is 14.4 Å². The lowest BCUT2D eigenvalue weighted by atomic mass is 9.96. The monoisotopic (exact) mass is 466 g/mol. The van der Waals surface area contributed by atoms with Crippen LogP contribution in [0.15, 0.2) is 95.5 Å². The number of benzene rings is 5.